The third-order valence-corrected chi connectivity index (χ3v) is 7.09. The molecule has 0 radical (unpaired) electrons. The van der Waals surface area contributed by atoms with E-state index in [-0.39, 0.29) is 24.2 Å². The van der Waals surface area contributed by atoms with E-state index in [0.717, 1.165) is 57.2 Å². The molecular formula is C29H40FN3O4. The molecule has 1 heterocycles. The molecule has 1 fully saturated rings. The Morgan fingerprint density at radius 3 is 2.59 bits per heavy atom. The fourth-order valence-corrected chi connectivity index (χ4v) is 5.07. The van der Waals surface area contributed by atoms with Crippen molar-refractivity contribution in [2.75, 3.05) is 31.6 Å². The van der Waals surface area contributed by atoms with Gasteiger partial charge in [0.2, 0.25) is 0 Å². The van der Waals surface area contributed by atoms with E-state index < -0.39 is 6.10 Å². The third kappa shape index (κ3) is 9.22. The van der Waals surface area contributed by atoms with Crippen LogP contribution in [0.2, 0.25) is 0 Å². The lowest BCUT2D eigenvalue weighted by atomic mass is 9.84. The van der Waals surface area contributed by atoms with Gasteiger partial charge in [0.1, 0.15) is 5.82 Å². The molecule has 2 amide bonds. The Balaban J connectivity index is 1.50. The molecule has 202 valence electrons. The highest BCUT2D eigenvalue weighted by Gasteiger charge is 2.28. The summed E-state index contributed by atoms with van der Waals surface area (Å²) in [5.74, 6) is 0.169. The molecule has 8 heteroatoms. The number of amides is 2. The van der Waals surface area contributed by atoms with Crippen molar-refractivity contribution >= 4 is 17.5 Å². The molecule has 1 saturated heterocycles. The Labute approximate surface area is 219 Å². The highest BCUT2D eigenvalue weighted by molar-refractivity contribution is 5.97. The van der Waals surface area contributed by atoms with Gasteiger partial charge in [0, 0.05) is 37.0 Å². The predicted molar refractivity (Wildman–Crippen MR) is 143 cm³/mol. The van der Waals surface area contributed by atoms with E-state index >= 15 is 0 Å². The number of benzene rings is 2. The van der Waals surface area contributed by atoms with Gasteiger partial charge in [0.05, 0.1) is 6.10 Å². The van der Waals surface area contributed by atoms with Crippen LogP contribution in [-0.2, 0) is 6.42 Å². The summed E-state index contributed by atoms with van der Waals surface area (Å²) in [6.45, 7) is 5.58. The van der Waals surface area contributed by atoms with Gasteiger partial charge in [-0.25, -0.2) is 9.18 Å². The molecule has 0 saturated carbocycles. The van der Waals surface area contributed by atoms with Crippen LogP contribution in [0.1, 0.15) is 73.5 Å². The van der Waals surface area contributed by atoms with Crippen molar-refractivity contribution in [1.29, 1.82) is 0 Å². The molecule has 3 atom stereocenters. The summed E-state index contributed by atoms with van der Waals surface area (Å²) in [6, 6.07) is 11.7. The Bertz CT molecular complexity index is 1030. The van der Waals surface area contributed by atoms with Crippen molar-refractivity contribution in [2.45, 2.75) is 64.5 Å². The number of piperidine rings is 1. The lowest BCUT2D eigenvalue weighted by Gasteiger charge is -2.40. The number of aliphatic hydroxyl groups excluding tert-OH is 2. The zero-order valence-electron chi connectivity index (χ0n) is 21.9. The first-order valence-electron chi connectivity index (χ1n) is 13.2. The molecule has 37 heavy (non-hydrogen) atoms. The van der Waals surface area contributed by atoms with Gasteiger partial charge in [0.25, 0.3) is 0 Å². The minimum atomic E-state index is -0.751. The van der Waals surface area contributed by atoms with E-state index in [1.807, 2.05) is 12.1 Å². The molecule has 0 aromatic heterocycles. The normalized spacial score (nSPS) is 18.8. The lowest BCUT2D eigenvalue weighted by molar-refractivity contribution is 0.0955. The van der Waals surface area contributed by atoms with E-state index in [1.165, 1.54) is 19.1 Å². The molecule has 2 aromatic carbocycles. The van der Waals surface area contributed by atoms with Crippen molar-refractivity contribution in [3.63, 3.8) is 0 Å². The van der Waals surface area contributed by atoms with Crippen molar-refractivity contribution in [3.8, 4) is 0 Å². The van der Waals surface area contributed by atoms with Crippen molar-refractivity contribution in [3.05, 3.63) is 65.0 Å². The smallest absolute Gasteiger partial charge is 0.319 e. The van der Waals surface area contributed by atoms with Crippen LogP contribution in [-0.4, -0.2) is 59.2 Å². The Hall–Kier alpha value is -2.81. The monoisotopic (exact) mass is 513 g/mol. The molecule has 1 unspecified atom stereocenters. The molecule has 0 aliphatic carbocycles. The number of anilines is 1. The number of carbonyl (C=O) groups is 2. The average Bonchev–Trinajstić information content (AvgIpc) is 2.87. The summed E-state index contributed by atoms with van der Waals surface area (Å²) in [5, 5.41) is 24.9. The minimum absolute atomic E-state index is 0.137. The standard InChI is InChI=1S/C29H40FN3O4/c1-20(35)24-17-25(21(2)36)19-27(18-24)32-29(37)31-11-3-5-28-16-23(10-13-33(28)12-4-14-34)15-22-6-8-26(30)9-7-22/h6-9,17-20,23,28,34-35H,3-5,10-16H2,1-2H3,(H2,31,32,37)/t20?,23-,28-/m0/s1. The summed E-state index contributed by atoms with van der Waals surface area (Å²) < 4.78 is 13.3. The second kappa shape index (κ2) is 14.2. The van der Waals surface area contributed by atoms with Gasteiger partial charge in [-0.2, -0.15) is 0 Å². The molecule has 1 aliphatic rings. The minimum Gasteiger partial charge on any atom is -0.396 e. The zero-order chi connectivity index (χ0) is 26.8. The topological polar surface area (TPSA) is 102 Å². The number of rotatable bonds is 12. The van der Waals surface area contributed by atoms with Gasteiger partial charge in [-0.05, 0) is 106 Å². The van der Waals surface area contributed by atoms with Crippen LogP contribution in [0.15, 0.2) is 42.5 Å². The molecule has 4 N–H and O–H groups in total. The quantitative estimate of drug-likeness (QED) is 0.244. The predicted octanol–water partition coefficient (Wildman–Crippen LogP) is 4.69. The van der Waals surface area contributed by atoms with Crippen LogP contribution in [0.3, 0.4) is 0 Å². The van der Waals surface area contributed by atoms with Gasteiger partial charge < -0.3 is 25.7 Å². The van der Waals surface area contributed by atoms with Crippen LogP contribution in [0.25, 0.3) is 0 Å². The average molecular weight is 514 g/mol. The summed E-state index contributed by atoms with van der Waals surface area (Å²) >= 11 is 0. The van der Waals surface area contributed by atoms with Gasteiger partial charge >= 0.3 is 6.03 Å². The van der Waals surface area contributed by atoms with Crippen molar-refractivity contribution in [2.24, 2.45) is 5.92 Å². The van der Waals surface area contributed by atoms with Crippen LogP contribution >= 0.6 is 0 Å². The number of nitrogens with zero attached hydrogens (tertiary/aromatic N) is 1. The molecule has 0 bridgehead atoms. The first-order valence-corrected chi connectivity index (χ1v) is 13.2. The fourth-order valence-electron chi connectivity index (χ4n) is 5.07. The Morgan fingerprint density at radius 1 is 1.16 bits per heavy atom. The first kappa shape index (κ1) is 28.8. The second-order valence-corrected chi connectivity index (χ2v) is 10.1. The molecular weight excluding hydrogens is 473 g/mol. The van der Waals surface area contributed by atoms with E-state index in [1.54, 1.807) is 25.1 Å². The maximum absolute atomic E-state index is 13.3. The van der Waals surface area contributed by atoms with Gasteiger partial charge in [-0.15, -0.1) is 0 Å². The zero-order valence-corrected chi connectivity index (χ0v) is 21.9. The summed E-state index contributed by atoms with van der Waals surface area (Å²) in [6.07, 6.45) is 4.77. The van der Waals surface area contributed by atoms with Crippen molar-refractivity contribution < 1.29 is 24.2 Å². The van der Waals surface area contributed by atoms with Crippen molar-refractivity contribution in [1.82, 2.24) is 10.2 Å². The van der Waals surface area contributed by atoms with Gasteiger partial charge in [-0.3, -0.25) is 4.79 Å². The van der Waals surface area contributed by atoms with Gasteiger partial charge in [0.15, 0.2) is 5.78 Å². The summed E-state index contributed by atoms with van der Waals surface area (Å²) in [5.41, 5.74) is 2.62. The van der Waals surface area contributed by atoms with Crippen LogP contribution in [0.4, 0.5) is 14.9 Å². The van der Waals surface area contributed by atoms with E-state index in [2.05, 4.69) is 15.5 Å². The molecule has 1 aliphatic heterocycles. The number of hydrogen-bond donors (Lipinski definition) is 4. The van der Waals surface area contributed by atoms with E-state index in [4.69, 9.17) is 0 Å². The maximum atomic E-state index is 13.3. The largest absolute Gasteiger partial charge is 0.396 e. The van der Waals surface area contributed by atoms with Crippen LogP contribution < -0.4 is 10.6 Å². The number of aliphatic hydroxyl groups is 2. The highest BCUT2D eigenvalue weighted by atomic mass is 19.1. The molecule has 2 aromatic rings. The number of carbonyl (C=O) groups excluding carboxylic acids is 2. The fraction of sp³-hybridized carbons (Fsp3) is 0.517. The molecule has 7 nitrogen and oxygen atoms in total. The number of likely N-dealkylation sites (tertiary alicyclic amines) is 1. The second-order valence-electron chi connectivity index (χ2n) is 10.1. The lowest BCUT2D eigenvalue weighted by Crippen LogP contribution is -2.44. The Kier molecular flexibility index (Phi) is 11.0. The number of hydrogen-bond acceptors (Lipinski definition) is 5. The number of Topliss-reactive ketones (excluding diaryl/α,β-unsaturated/α-hetero) is 1. The van der Waals surface area contributed by atoms with Gasteiger partial charge in [-0.1, -0.05) is 12.1 Å². The number of urea groups is 1. The summed E-state index contributed by atoms with van der Waals surface area (Å²) in [7, 11) is 0. The number of nitrogens with one attached hydrogen (secondary N) is 2. The first-order chi connectivity index (χ1) is 17.7. The summed E-state index contributed by atoms with van der Waals surface area (Å²) in [4.78, 5) is 26.7. The van der Waals surface area contributed by atoms with E-state index in [0.29, 0.717) is 35.3 Å². The molecule has 3 rings (SSSR count). The molecule has 0 spiro atoms. The maximum Gasteiger partial charge on any atom is 0.319 e. The van der Waals surface area contributed by atoms with Crippen LogP contribution in [0.5, 0.6) is 0 Å². The number of halogens is 1. The third-order valence-electron chi connectivity index (χ3n) is 7.09. The Morgan fingerprint density at radius 2 is 1.92 bits per heavy atom. The highest BCUT2D eigenvalue weighted by Crippen LogP contribution is 2.29. The SMILES string of the molecule is CC(=O)c1cc(NC(=O)NCCC[C@H]2C[C@H](Cc3ccc(F)cc3)CCN2CCCO)cc(C(C)O)c1. The number of ketones is 1. The van der Waals surface area contributed by atoms with E-state index in [9.17, 15) is 24.2 Å². The van der Waals surface area contributed by atoms with Crippen LogP contribution in [0, 0.1) is 11.7 Å².